The molecule has 0 saturated heterocycles. The number of anilines is 1. The molecule has 0 radical (unpaired) electrons. The van der Waals surface area contributed by atoms with Gasteiger partial charge in [0.2, 0.25) is 5.88 Å². The Morgan fingerprint density at radius 3 is 2.61 bits per heavy atom. The molecule has 0 unspecified atom stereocenters. The molecule has 3 aromatic rings. The van der Waals surface area contributed by atoms with Crippen molar-refractivity contribution >= 4 is 5.88 Å². The molecule has 6 heteroatoms. The Morgan fingerprint density at radius 1 is 1.17 bits per heavy atom. The van der Waals surface area contributed by atoms with Gasteiger partial charge in [0.05, 0.1) is 11.8 Å². The first-order valence-electron chi connectivity index (χ1n) is 5.26. The second-order valence-corrected chi connectivity index (χ2v) is 3.76. The molecule has 3 rings (SSSR count). The lowest BCUT2D eigenvalue weighted by atomic mass is 10.0. The summed E-state index contributed by atoms with van der Waals surface area (Å²) in [7, 11) is 0. The fourth-order valence-electron chi connectivity index (χ4n) is 1.78. The van der Waals surface area contributed by atoms with Gasteiger partial charge < -0.3 is 10.3 Å². The summed E-state index contributed by atoms with van der Waals surface area (Å²) in [5.74, 6) is -0.114. The van der Waals surface area contributed by atoms with E-state index in [1.54, 1.807) is 24.5 Å². The van der Waals surface area contributed by atoms with E-state index in [-0.39, 0.29) is 11.7 Å². The number of aromatic nitrogens is 3. The van der Waals surface area contributed by atoms with Crippen molar-refractivity contribution in [1.29, 1.82) is 0 Å². The number of rotatable bonds is 2. The number of nitrogens with zero attached hydrogens (tertiary/aromatic N) is 2. The fraction of sp³-hybridized carbons (Fsp3) is 0. The predicted molar refractivity (Wildman–Crippen MR) is 63.9 cm³/mol. The molecule has 0 aliphatic carbocycles. The second-order valence-electron chi connectivity index (χ2n) is 3.76. The Bertz CT molecular complexity index is 658. The highest BCUT2D eigenvalue weighted by Crippen LogP contribution is 2.35. The van der Waals surface area contributed by atoms with Crippen LogP contribution in [0.4, 0.5) is 10.3 Å². The summed E-state index contributed by atoms with van der Waals surface area (Å²) in [5, 5.41) is 10.4. The summed E-state index contributed by atoms with van der Waals surface area (Å²) in [6, 6.07) is 5.98. The van der Waals surface area contributed by atoms with Crippen LogP contribution < -0.4 is 5.73 Å². The molecule has 0 aliphatic heterocycles. The standard InChI is InChI=1S/C12H9FN4O/c13-9-3-1-7(2-4-9)10-11(17-18-12(10)14)8-5-15-16-6-8/h1-6H,14H2,(H,15,16). The van der Waals surface area contributed by atoms with Gasteiger partial charge in [0.15, 0.2) is 0 Å². The predicted octanol–water partition coefficient (Wildman–Crippen LogP) is 2.45. The number of nitrogens with two attached hydrogens (primary N) is 1. The molecular weight excluding hydrogens is 235 g/mol. The van der Waals surface area contributed by atoms with E-state index in [9.17, 15) is 4.39 Å². The maximum atomic E-state index is 12.9. The van der Waals surface area contributed by atoms with Crippen LogP contribution in [-0.4, -0.2) is 15.4 Å². The summed E-state index contributed by atoms with van der Waals surface area (Å²) in [6.45, 7) is 0. The SMILES string of the molecule is Nc1onc(-c2cn[nH]c2)c1-c1ccc(F)cc1. The average Bonchev–Trinajstić information content (AvgIpc) is 2.99. The van der Waals surface area contributed by atoms with Crippen LogP contribution in [0.5, 0.6) is 0 Å². The van der Waals surface area contributed by atoms with Gasteiger partial charge in [-0.1, -0.05) is 17.3 Å². The number of hydrogen-bond donors (Lipinski definition) is 2. The number of nitrogens with one attached hydrogen (secondary N) is 1. The van der Waals surface area contributed by atoms with E-state index in [1.807, 2.05) is 0 Å². The highest BCUT2D eigenvalue weighted by molar-refractivity contribution is 5.86. The molecule has 2 heterocycles. The van der Waals surface area contributed by atoms with E-state index in [0.29, 0.717) is 11.3 Å². The van der Waals surface area contributed by atoms with Gasteiger partial charge >= 0.3 is 0 Å². The number of aromatic amines is 1. The zero-order valence-electron chi connectivity index (χ0n) is 9.22. The van der Waals surface area contributed by atoms with Crippen molar-refractivity contribution in [2.24, 2.45) is 0 Å². The van der Waals surface area contributed by atoms with Gasteiger partial charge in [-0.05, 0) is 17.7 Å². The van der Waals surface area contributed by atoms with E-state index in [0.717, 1.165) is 11.1 Å². The third-order valence-corrected chi connectivity index (χ3v) is 2.62. The van der Waals surface area contributed by atoms with Crippen LogP contribution in [0.25, 0.3) is 22.4 Å². The molecule has 0 spiro atoms. The van der Waals surface area contributed by atoms with E-state index in [2.05, 4.69) is 15.4 Å². The quantitative estimate of drug-likeness (QED) is 0.725. The minimum Gasteiger partial charge on any atom is -0.367 e. The molecule has 0 saturated carbocycles. The summed E-state index contributed by atoms with van der Waals surface area (Å²) in [5.41, 5.74) is 8.48. The van der Waals surface area contributed by atoms with Crippen LogP contribution in [0.2, 0.25) is 0 Å². The van der Waals surface area contributed by atoms with Crippen LogP contribution in [-0.2, 0) is 0 Å². The third-order valence-electron chi connectivity index (χ3n) is 2.62. The summed E-state index contributed by atoms with van der Waals surface area (Å²) < 4.78 is 17.9. The summed E-state index contributed by atoms with van der Waals surface area (Å²) in [4.78, 5) is 0. The van der Waals surface area contributed by atoms with Gasteiger partial charge in [-0.25, -0.2) is 4.39 Å². The fourth-order valence-corrected chi connectivity index (χ4v) is 1.78. The van der Waals surface area contributed by atoms with Gasteiger partial charge in [0.25, 0.3) is 0 Å². The Balaban J connectivity index is 2.17. The van der Waals surface area contributed by atoms with Crippen LogP contribution in [0, 0.1) is 5.82 Å². The van der Waals surface area contributed by atoms with Gasteiger partial charge in [0, 0.05) is 11.8 Å². The highest BCUT2D eigenvalue weighted by atomic mass is 19.1. The number of H-pyrrole nitrogens is 1. The molecule has 90 valence electrons. The Hall–Kier alpha value is -2.63. The molecule has 0 aliphatic rings. The molecule has 0 atom stereocenters. The Kier molecular flexibility index (Phi) is 2.33. The van der Waals surface area contributed by atoms with E-state index >= 15 is 0 Å². The minimum absolute atomic E-state index is 0.192. The largest absolute Gasteiger partial charge is 0.367 e. The molecule has 1 aromatic carbocycles. The molecule has 0 amide bonds. The Labute approximate surface area is 101 Å². The number of nitrogen functional groups attached to an aromatic ring is 1. The first-order valence-corrected chi connectivity index (χ1v) is 5.26. The normalized spacial score (nSPS) is 10.7. The Morgan fingerprint density at radius 2 is 1.94 bits per heavy atom. The van der Waals surface area contributed by atoms with Gasteiger partial charge in [-0.2, -0.15) is 5.10 Å². The summed E-state index contributed by atoms with van der Waals surface area (Å²) >= 11 is 0. The lowest BCUT2D eigenvalue weighted by molar-refractivity contribution is 0.439. The van der Waals surface area contributed by atoms with Gasteiger partial charge in [-0.15, -0.1) is 0 Å². The molecule has 18 heavy (non-hydrogen) atoms. The van der Waals surface area contributed by atoms with E-state index in [1.165, 1.54) is 12.1 Å². The molecule has 0 bridgehead atoms. The molecule has 3 N–H and O–H groups in total. The molecule has 0 fully saturated rings. The van der Waals surface area contributed by atoms with Crippen molar-refractivity contribution in [2.45, 2.75) is 0 Å². The highest BCUT2D eigenvalue weighted by Gasteiger charge is 2.17. The van der Waals surface area contributed by atoms with Crippen LogP contribution in [0.15, 0.2) is 41.2 Å². The average molecular weight is 244 g/mol. The van der Waals surface area contributed by atoms with Crippen molar-refractivity contribution in [3.63, 3.8) is 0 Å². The van der Waals surface area contributed by atoms with Crippen molar-refractivity contribution in [3.8, 4) is 22.4 Å². The second kappa shape index (κ2) is 3.99. The first-order chi connectivity index (χ1) is 8.75. The van der Waals surface area contributed by atoms with E-state index < -0.39 is 0 Å². The van der Waals surface area contributed by atoms with Crippen LogP contribution in [0.3, 0.4) is 0 Å². The molecular formula is C12H9FN4O. The van der Waals surface area contributed by atoms with Crippen molar-refractivity contribution in [2.75, 3.05) is 5.73 Å². The maximum Gasteiger partial charge on any atom is 0.230 e. The number of benzene rings is 1. The number of hydrogen-bond acceptors (Lipinski definition) is 4. The van der Waals surface area contributed by atoms with Crippen molar-refractivity contribution < 1.29 is 8.91 Å². The lowest BCUT2D eigenvalue weighted by Crippen LogP contribution is -1.87. The van der Waals surface area contributed by atoms with Gasteiger partial charge in [0.1, 0.15) is 11.5 Å². The lowest BCUT2D eigenvalue weighted by Gasteiger charge is -2.00. The maximum absolute atomic E-state index is 12.9. The van der Waals surface area contributed by atoms with Crippen LogP contribution in [0.1, 0.15) is 0 Å². The molecule has 2 aromatic heterocycles. The zero-order chi connectivity index (χ0) is 12.5. The summed E-state index contributed by atoms with van der Waals surface area (Å²) in [6.07, 6.45) is 3.30. The van der Waals surface area contributed by atoms with Crippen LogP contribution >= 0.6 is 0 Å². The van der Waals surface area contributed by atoms with Crippen molar-refractivity contribution in [3.05, 3.63) is 42.5 Å². The molecule has 5 nitrogen and oxygen atoms in total. The monoisotopic (exact) mass is 244 g/mol. The first kappa shape index (κ1) is 10.5. The zero-order valence-corrected chi connectivity index (χ0v) is 9.22. The third kappa shape index (κ3) is 1.64. The minimum atomic E-state index is -0.307. The van der Waals surface area contributed by atoms with Gasteiger partial charge in [-0.3, -0.25) is 5.10 Å². The number of halogens is 1. The smallest absolute Gasteiger partial charge is 0.230 e. The van der Waals surface area contributed by atoms with E-state index in [4.69, 9.17) is 10.3 Å². The van der Waals surface area contributed by atoms with Crippen molar-refractivity contribution in [1.82, 2.24) is 15.4 Å². The topological polar surface area (TPSA) is 80.7 Å².